The van der Waals surface area contributed by atoms with Gasteiger partial charge >= 0.3 is 0 Å². The predicted octanol–water partition coefficient (Wildman–Crippen LogP) is 3.82. The van der Waals surface area contributed by atoms with Crippen molar-refractivity contribution in [1.82, 2.24) is 5.32 Å². The van der Waals surface area contributed by atoms with Crippen molar-refractivity contribution >= 4 is 0 Å². The maximum absolute atomic E-state index is 14.2. The van der Waals surface area contributed by atoms with E-state index in [0.29, 0.717) is 23.5 Å². The second-order valence-electron chi connectivity index (χ2n) is 6.22. The number of benzene rings is 1. The number of hydrogen-bond donors (Lipinski definition) is 1. The fourth-order valence-electron chi connectivity index (χ4n) is 2.59. The summed E-state index contributed by atoms with van der Waals surface area (Å²) in [6, 6.07) is 5.13. The largest absolute Gasteiger partial charge is 0.493 e. The van der Waals surface area contributed by atoms with Crippen LogP contribution >= 0.6 is 0 Å². The minimum atomic E-state index is -0.414. The lowest BCUT2D eigenvalue weighted by atomic mass is 9.87. The summed E-state index contributed by atoms with van der Waals surface area (Å²) in [6.07, 6.45) is 0.683. The molecule has 0 heterocycles. The maximum Gasteiger partial charge on any atom is 0.163 e. The van der Waals surface area contributed by atoms with Crippen LogP contribution in [0, 0.1) is 22.6 Å². The lowest BCUT2D eigenvalue weighted by Gasteiger charge is -2.26. The minimum Gasteiger partial charge on any atom is -0.493 e. The summed E-state index contributed by atoms with van der Waals surface area (Å²) >= 11 is 0. The summed E-state index contributed by atoms with van der Waals surface area (Å²) in [5, 5.41) is 12.4. The Morgan fingerprint density at radius 3 is 2.27 bits per heavy atom. The Morgan fingerprint density at radius 1 is 1.23 bits per heavy atom. The molecule has 0 aliphatic carbocycles. The molecular formula is C17H25FN2O2. The fraction of sp³-hybridized carbons (Fsp3) is 0.588. The molecule has 0 spiro atoms. The van der Waals surface area contributed by atoms with Crippen molar-refractivity contribution in [1.29, 1.82) is 5.26 Å². The van der Waals surface area contributed by atoms with E-state index < -0.39 is 5.41 Å². The van der Waals surface area contributed by atoms with Crippen LogP contribution in [0.3, 0.4) is 0 Å². The van der Waals surface area contributed by atoms with Gasteiger partial charge in [0.05, 0.1) is 25.7 Å². The van der Waals surface area contributed by atoms with E-state index in [9.17, 15) is 4.39 Å². The van der Waals surface area contributed by atoms with Crippen LogP contribution in [0.1, 0.15) is 45.7 Å². The molecule has 1 rings (SSSR count). The summed E-state index contributed by atoms with van der Waals surface area (Å²) in [5.74, 6) is 0.525. The highest BCUT2D eigenvalue weighted by atomic mass is 19.1. The van der Waals surface area contributed by atoms with E-state index in [1.807, 2.05) is 27.7 Å². The lowest BCUT2D eigenvalue weighted by molar-refractivity contribution is 0.339. The molecule has 0 aliphatic heterocycles. The van der Waals surface area contributed by atoms with Crippen molar-refractivity contribution in [2.24, 2.45) is 5.41 Å². The highest BCUT2D eigenvalue weighted by molar-refractivity contribution is 5.44. The molecule has 1 N–H and O–H groups in total. The molecule has 2 unspecified atom stereocenters. The van der Waals surface area contributed by atoms with Gasteiger partial charge in [0.25, 0.3) is 0 Å². The van der Waals surface area contributed by atoms with Gasteiger partial charge in [-0.05, 0) is 40.2 Å². The van der Waals surface area contributed by atoms with Crippen LogP contribution in [-0.4, -0.2) is 20.3 Å². The average molecular weight is 308 g/mol. The number of methoxy groups -OCH3 is 2. The quantitative estimate of drug-likeness (QED) is 0.832. The molecule has 1 aromatic rings. The molecule has 0 fully saturated rings. The molecule has 0 radical (unpaired) electrons. The maximum atomic E-state index is 14.2. The van der Waals surface area contributed by atoms with Gasteiger partial charge in [-0.15, -0.1) is 0 Å². The van der Waals surface area contributed by atoms with Crippen LogP contribution in [0.5, 0.6) is 11.5 Å². The fourth-order valence-corrected chi connectivity index (χ4v) is 2.59. The molecule has 0 saturated carbocycles. The molecule has 0 saturated heterocycles. The van der Waals surface area contributed by atoms with E-state index in [1.165, 1.54) is 20.3 Å². The zero-order chi connectivity index (χ0) is 16.9. The van der Waals surface area contributed by atoms with Gasteiger partial charge in [0.1, 0.15) is 5.82 Å². The van der Waals surface area contributed by atoms with Gasteiger partial charge in [0.2, 0.25) is 0 Å². The number of nitrogens with zero attached hydrogens (tertiary/aromatic N) is 1. The van der Waals surface area contributed by atoms with Crippen LogP contribution in [0.25, 0.3) is 0 Å². The highest BCUT2D eigenvalue weighted by Gasteiger charge is 2.23. The zero-order valence-electron chi connectivity index (χ0n) is 14.2. The van der Waals surface area contributed by atoms with E-state index in [1.54, 1.807) is 6.07 Å². The van der Waals surface area contributed by atoms with Crippen LogP contribution in [0.4, 0.5) is 4.39 Å². The van der Waals surface area contributed by atoms with Gasteiger partial charge in [-0.1, -0.05) is 0 Å². The molecule has 0 amide bonds. The summed E-state index contributed by atoms with van der Waals surface area (Å²) < 4.78 is 24.5. The molecule has 5 heteroatoms. The number of halogens is 1. The Balaban J connectivity index is 2.90. The van der Waals surface area contributed by atoms with E-state index in [-0.39, 0.29) is 17.9 Å². The third kappa shape index (κ3) is 4.60. The third-order valence-electron chi connectivity index (χ3n) is 3.62. The van der Waals surface area contributed by atoms with Crippen LogP contribution in [-0.2, 0) is 0 Å². The first-order chi connectivity index (χ1) is 10.2. The smallest absolute Gasteiger partial charge is 0.163 e. The van der Waals surface area contributed by atoms with Crippen molar-refractivity contribution in [3.63, 3.8) is 0 Å². The van der Waals surface area contributed by atoms with Gasteiger partial charge < -0.3 is 14.8 Å². The number of ether oxygens (including phenoxy) is 2. The summed E-state index contributed by atoms with van der Waals surface area (Å²) in [7, 11) is 3.00. The lowest BCUT2D eigenvalue weighted by Crippen LogP contribution is -2.33. The summed E-state index contributed by atoms with van der Waals surface area (Å²) in [6.45, 7) is 7.67. The average Bonchev–Trinajstić information content (AvgIpc) is 2.45. The minimum absolute atomic E-state index is 0.0807. The van der Waals surface area contributed by atoms with Crippen molar-refractivity contribution in [3.8, 4) is 17.6 Å². The SMILES string of the molecule is COc1cc(F)c(C(C)NC(C)CC(C)(C)C#N)cc1OC. The normalized spacial score (nSPS) is 14.1. The number of nitriles is 1. The highest BCUT2D eigenvalue weighted by Crippen LogP contribution is 2.33. The predicted molar refractivity (Wildman–Crippen MR) is 84.5 cm³/mol. The molecule has 0 bridgehead atoms. The Hall–Kier alpha value is -1.80. The molecular weight excluding hydrogens is 283 g/mol. The van der Waals surface area contributed by atoms with Gasteiger partial charge in [0, 0.05) is 23.7 Å². The molecule has 0 aromatic heterocycles. The first-order valence-corrected chi connectivity index (χ1v) is 7.32. The Kier molecular flexibility index (Phi) is 6.19. The van der Waals surface area contributed by atoms with E-state index in [0.717, 1.165) is 0 Å². The number of rotatable bonds is 7. The van der Waals surface area contributed by atoms with E-state index in [2.05, 4.69) is 11.4 Å². The van der Waals surface area contributed by atoms with Crippen molar-refractivity contribution in [2.75, 3.05) is 14.2 Å². The summed E-state index contributed by atoms with van der Waals surface area (Å²) in [5.41, 5.74) is 0.0988. The second kappa shape index (κ2) is 7.46. The molecule has 4 nitrogen and oxygen atoms in total. The Morgan fingerprint density at radius 2 is 1.77 bits per heavy atom. The van der Waals surface area contributed by atoms with Crippen molar-refractivity contribution in [2.45, 2.75) is 46.2 Å². The van der Waals surface area contributed by atoms with Crippen molar-refractivity contribution < 1.29 is 13.9 Å². The van der Waals surface area contributed by atoms with Gasteiger partial charge in [-0.25, -0.2) is 4.39 Å². The van der Waals surface area contributed by atoms with Gasteiger partial charge in [-0.3, -0.25) is 0 Å². The topological polar surface area (TPSA) is 54.3 Å². The molecule has 1 aromatic carbocycles. The molecule has 122 valence electrons. The van der Waals surface area contributed by atoms with Crippen LogP contribution in [0.2, 0.25) is 0 Å². The third-order valence-corrected chi connectivity index (χ3v) is 3.62. The summed E-state index contributed by atoms with van der Waals surface area (Å²) in [4.78, 5) is 0. The van der Waals surface area contributed by atoms with Gasteiger partial charge in [-0.2, -0.15) is 5.26 Å². The Bertz CT molecular complexity index is 552. The molecule has 0 aliphatic rings. The zero-order valence-corrected chi connectivity index (χ0v) is 14.2. The number of hydrogen-bond acceptors (Lipinski definition) is 4. The standard InChI is InChI=1S/C17H25FN2O2/c1-11(9-17(3,4)10-19)20-12(2)13-7-15(21-5)16(22-6)8-14(13)18/h7-8,11-12,20H,9H2,1-6H3. The van der Waals surface area contributed by atoms with Crippen molar-refractivity contribution in [3.05, 3.63) is 23.5 Å². The molecule has 2 atom stereocenters. The Labute approximate surface area is 132 Å². The van der Waals surface area contributed by atoms with E-state index >= 15 is 0 Å². The monoisotopic (exact) mass is 308 g/mol. The second-order valence-corrected chi connectivity index (χ2v) is 6.22. The van der Waals surface area contributed by atoms with Crippen LogP contribution in [0.15, 0.2) is 12.1 Å². The first-order valence-electron chi connectivity index (χ1n) is 7.32. The molecule has 22 heavy (non-hydrogen) atoms. The first kappa shape index (κ1) is 18.2. The van der Waals surface area contributed by atoms with Gasteiger partial charge in [0.15, 0.2) is 11.5 Å². The number of nitrogens with one attached hydrogen (secondary N) is 1. The van der Waals surface area contributed by atoms with E-state index in [4.69, 9.17) is 14.7 Å². The van der Waals surface area contributed by atoms with Crippen LogP contribution < -0.4 is 14.8 Å².